The standard InChI is InChI=1S/C27H38N6O/c1-4-21-9-8-16-32(19-21)24-28-17-23(18-29-24)33-20-26(30-25(33)34)12-14-27(15-13-26,31(2)3)22-10-6-5-7-11-22/h5-7,10-11,17-18,21H,4,8-9,12-16,19-20H2,1-3H3,(H,30,34)/t21?,26-,27+. The van der Waals surface area contributed by atoms with Crippen LogP contribution < -0.4 is 15.1 Å². The van der Waals surface area contributed by atoms with Crippen molar-refractivity contribution in [3.05, 3.63) is 48.3 Å². The molecule has 182 valence electrons. The molecule has 1 aromatic carbocycles. The van der Waals surface area contributed by atoms with Crippen LogP contribution in [0, 0.1) is 5.92 Å². The molecule has 0 bridgehead atoms. The molecule has 1 aromatic heterocycles. The van der Waals surface area contributed by atoms with Crippen molar-refractivity contribution in [3.8, 4) is 0 Å². The van der Waals surface area contributed by atoms with E-state index in [0.29, 0.717) is 6.54 Å². The van der Waals surface area contributed by atoms with E-state index >= 15 is 0 Å². The normalized spacial score (nSPS) is 29.6. The van der Waals surface area contributed by atoms with Gasteiger partial charge in [-0.3, -0.25) is 9.80 Å². The quantitative estimate of drug-likeness (QED) is 0.713. The van der Waals surface area contributed by atoms with Crippen LogP contribution in [0.1, 0.15) is 57.4 Å². The Kier molecular flexibility index (Phi) is 6.23. The van der Waals surface area contributed by atoms with Gasteiger partial charge in [0.2, 0.25) is 5.95 Å². The van der Waals surface area contributed by atoms with E-state index in [1.807, 2.05) is 17.3 Å². The SMILES string of the molecule is CCC1CCCN(c2ncc(N3C[C@]4(CC[C@](c5ccccc5)(N(C)C)CC4)NC3=O)cn2)C1. The Morgan fingerprint density at radius 3 is 2.44 bits per heavy atom. The summed E-state index contributed by atoms with van der Waals surface area (Å²) in [6.07, 6.45) is 11.3. The van der Waals surface area contributed by atoms with E-state index in [0.717, 1.165) is 56.3 Å². The highest BCUT2D eigenvalue weighted by molar-refractivity contribution is 5.95. The highest BCUT2D eigenvalue weighted by Crippen LogP contribution is 2.46. The maximum absolute atomic E-state index is 13.0. The molecule has 3 fully saturated rings. The van der Waals surface area contributed by atoms with Gasteiger partial charge in [0.15, 0.2) is 0 Å². The predicted octanol–water partition coefficient (Wildman–Crippen LogP) is 4.40. The van der Waals surface area contributed by atoms with Gasteiger partial charge in [0.25, 0.3) is 0 Å². The van der Waals surface area contributed by atoms with E-state index in [1.54, 1.807) is 0 Å². The number of piperidine rings is 1. The van der Waals surface area contributed by atoms with Crippen LogP contribution in [0.5, 0.6) is 0 Å². The van der Waals surface area contributed by atoms with E-state index in [1.165, 1.54) is 24.8 Å². The number of benzene rings is 1. The first-order chi connectivity index (χ1) is 16.4. The molecule has 2 amide bonds. The fourth-order valence-electron chi connectivity index (χ4n) is 6.28. The molecular weight excluding hydrogens is 424 g/mol. The molecule has 2 aromatic rings. The second kappa shape index (κ2) is 9.17. The average molecular weight is 463 g/mol. The highest BCUT2D eigenvalue weighted by Gasteiger charge is 2.50. The van der Waals surface area contributed by atoms with Crippen LogP contribution in [-0.2, 0) is 5.54 Å². The topological polar surface area (TPSA) is 64.6 Å². The zero-order valence-electron chi connectivity index (χ0n) is 20.8. The van der Waals surface area contributed by atoms with E-state index in [4.69, 9.17) is 0 Å². The Bertz CT molecular complexity index is 984. The lowest BCUT2D eigenvalue weighted by atomic mass is 9.69. The average Bonchev–Trinajstić information content (AvgIpc) is 3.20. The van der Waals surface area contributed by atoms with Crippen molar-refractivity contribution < 1.29 is 4.79 Å². The van der Waals surface area contributed by atoms with Crippen LogP contribution in [0.2, 0.25) is 0 Å². The van der Waals surface area contributed by atoms with Gasteiger partial charge in [-0.2, -0.15) is 0 Å². The molecule has 5 rings (SSSR count). The van der Waals surface area contributed by atoms with Crippen LogP contribution in [-0.4, -0.2) is 60.2 Å². The fraction of sp³-hybridized carbons (Fsp3) is 0.593. The second-order valence-corrected chi connectivity index (χ2v) is 10.7. The summed E-state index contributed by atoms with van der Waals surface area (Å²) in [5, 5.41) is 3.34. The summed E-state index contributed by atoms with van der Waals surface area (Å²) >= 11 is 0. The fourth-order valence-corrected chi connectivity index (χ4v) is 6.28. The molecule has 1 aliphatic carbocycles. The van der Waals surface area contributed by atoms with Crippen molar-refractivity contribution >= 4 is 17.7 Å². The van der Waals surface area contributed by atoms with E-state index in [2.05, 4.69) is 76.4 Å². The third kappa shape index (κ3) is 4.15. The summed E-state index contributed by atoms with van der Waals surface area (Å²) in [6, 6.07) is 10.8. The van der Waals surface area contributed by atoms with Crippen molar-refractivity contribution in [2.75, 3.05) is 43.5 Å². The van der Waals surface area contributed by atoms with Gasteiger partial charge >= 0.3 is 6.03 Å². The molecular formula is C27H38N6O. The number of hydrogen-bond acceptors (Lipinski definition) is 5. The Hall–Kier alpha value is -2.67. The minimum Gasteiger partial charge on any atom is -0.341 e. The number of anilines is 2. The van der Waals surface area contributed by atoms with Crippen molar-refractivity contribution in [1.29, 1.82) is 0 Å². The molecule has 2 aliphatic heterocycles. The Labute approximate surface area is 203 Å². The molecule has 1 saturated carbocycles. The molecule has 34 heavy (non-hydrogen) atoms. The van der Waals surface area contributed by atoms with Gasteiger partial charge in [0.05, 0.1) is 30.2 Å². The lowest BCUT2D eigenvalue weighted by molar-refractivity contribution is 0.0658. The lowest BCUT2D eigenvalue weighted by Gasteiger charge is -2.48. The van der Waals surface area contributed by atoms with E-state index in [9.17, 15) is 4.79 Å². The van der Waals surface area contributed by atoms with Crippen LogP contribution in [0.3, 0.4) is 0 Å². The minimum absolute atomic E-state index is 0.0141. The highest BCUT2D eigenvalue weighted by atomic mass is 16.2. The van der Waals surface area contributed by atoms with Gasteiger partial charge in [-0.05, 0) is 64.1 Å². The number of nitrogens with zero attached hydrogens (tertiary/aromatic N) is 5. The summed E-state index contributed by atoms with van der Waals surface area (Å²) in [7, 11) is 4.35. The third-order valence-electron chi connectivity index (χ3n) is 8.59. The molecule has 1 spiro atoms. The molecule has 3 heterocycles. The minimum atomic E-state index is -0.189. The summed E-state index contributed by atoms with van der Waals surface area (Å²) in [5.74, 6) is 1.50. The number of hydrogen-bond donors (Lipinski definition) is 1. The number of nitrogens with one attached hydrogen (secondary N) is 1. The molecule has 3 aliphatic rings. The van der Waals surface area contributed by atoms with E-state index in [-0.39, 0.29) is 17.1 Å². The van der Waals surface area contributed by atoms with Crippen LogP contribution in [0.4, 0.5) is 16.4 Å². The molecule has 7 nitrogen and oxygen atoms in total. The first-order valence-corrected chi connectivity index (χ1v) is 12.8. The lowest BCUT2D eigenvalue weighted by Crippen LogP contribution is -2.54. The van der Waals surface area contributed by atoms with Crippen LogP contribution in [0.15, 0.2) is 42.7 Å². The van der Waals surface area contributed by atoms with Crippen molar-refractivity contribution in [2.24, 2.45) is 5.92 Å². The number of urea groups is 1. The van der Waals surface area contributed by atoms with Crippen molar-refractivity contribution in [2.45, 2.75) is 62.9 Å². The molecule has 2 saturated heterocycles. The predicted molar refractivity (Wildman–Crippen MR) is 136 cm³/mol. The number of rotatable bonds is 5. The Morgan fingerprint density at radius 1 is 1.09 bits per heavy atom. The van der Waals surface area contributed by atoms with Gasteiger partial charge in [-0.15, -0.1) is 0 Å². The van der Waals surface area contributed by atoms with Crippen LogP contribution in [0.25, 0.3) is 0 Å². The molecule has 1 unspecified atom stereocenters. The molecule has 7 heteroatoms. The second-order valence-electron chi connectivity index (χ2n) is 10.7. The first kappa shape index (κ1) is 23.1. The van der Waals surface area contributed by atoms with E-state index < -0.39 is 0 Å². The number of amides is 2. The summed E-state index contributed by atoms with van der Waals surface area (Å²) in [6.45, 7) is 4.97. The summed E-state index contributed by atoms with van der Waals surface area (Å²) in [5.41, 5.74) is 1.98. The summed E-state index contributed by atoms with van der Waals surface area (Å²) < 4.78 is 0. The molecule has 0 radical (unpaired) electrons. The first-order valence-electron chi connectivity index (χ1n) is 12.8. The van der Waals surface area contributed by atoms with Gasteiger partial charge in [-0.25, -0.2) is 14.8 Å². The van der Waals surface area contributed by atoms with Crippen molar-refractivity contribution in [3.63, 3.8) is 0 Å². The molecule has 1 N–H and O–H groups in total. The maximum atomic E-state index is 13.0. The van der Waals surface area contributed by atoms with Gasteiger partial charge in [0, 0.05) is 18.6 Å². The largest absolute Gasteiger partial charge is 0.341 e. The van der Waals surface area contributed by atoms with Crippen molar-refractivity contribution in [1.82, 2.24) is 20.2 Å². The smallest absolute Gasteiger partial charge is 0.322 e. The Balaban J connectivity index is 1.28. The maximum Gasteiger partial charge on any atom is 0.322 e. The molecule has 1 atom stereocenters. The number of aromatic nitrogens is 2. The summed E-state index contributed by atoms with van der Waals surface area (Å²) in [4.78, 5) is 28.8. The Morgan fingerprint density at radius 2 is 1.79 bits per heavy atom. The number of carbonyl (C=O) groups excluding carboxylic acids is 1. The third-order valence-corrected chi connectivity index (χ3v) is 8.59. The zero-order chi connectivity index (χ0) is 23.8. The van der Waals surface area contributed by atoms with Gasteiger partial charge in [0.1, 0.15) is 0 Å². The van der Waals surface area contributed by atoms with Gasteiger partial charge < -0.3 is 10.2 Å². The monoisotopic (exact) mass is 462 g/mol. The zero-order valence-corrected chi connectivity index (χ0v) is 20.8. The van der Waals surface area contributed by atoms with Crippen LogP contribution >= 0.6 is 0 Å². The number of carbonyl (C=O) groups is 1. The van der Waals surface area contributed by atoms with Gasteiger partial charge in [-0.1, -0.05) is 43.7 Å².